The van der Waals surface area contributed by atoms with E-state index in [9.17, 15) is 83.1 Å². The van der Waals surface area contributed by atoms with E-state index in [0.717, 1.165) is 11.8 Å². The monoisotopic (exact) mass is 618 g/mol. The summed E-state index contributed by atoms with van der Waals surface area (Å²) in [4.78, 5) is 0. The summed E-state index contributed by atoms with van der Waals surface area (Å²) in [6, 6.07) is 0. The van der Waals surface area contributed by atoms with Gasteiger partial charge in [0, 0.05) is 17.3 Å². The van der Waals surface area contributed by atoms with Crippen LogP contribution in [0, 0.1) is 0 Å². The van der Waals surface area contributed by atoms with Crippen molar-refractivity contribution in [1.82, 2.24) is 0 Å². The first-order valence-electron chi connectivity index (χ1n) is 7.91. The van der Waals surface area contributed by atoms with E-state index in [2.05, 4.69) is 4.18 Å². The maximum absolute atomic E-state index is 13.8. The fraction of sp³-hybridized carbons (Fsp3) is 1.00. The average Bonchev–Trinajstić information content (AvgIpc) is 2.66. The summed E-state index contributed by atoms with van der Waals surface area (Å²) in [5.74, 6) is -52.2. The first-order chi connectivity index (χ1) is 15.1. The van der Waals surface area contributed by atoms with Crippen LogP contribution in [0.25, 0.3) is 0 Å². The zero-order chi connectivity index (χ0) is 28.3. The highest BCUT2D eigenvalue weighted by Gasteiger charge is 2.96. The van der Waals surface area contributed by atoms with Gasteiger partial charge in [-0.25, -0.2) is 0 Å². The third kappa shape index (κ3) is 4.63. The summed E-state index contributed by atoms with van der Waals surface area (Å²) in [5, 5.41) is -7.63. The molecule has 35 heavy (non-hydrogen) atoms. The molecule has 3 nitrogen and oxygen atoms in total. The number of halogens is 17. The van der Waals surface area contributed by atoms with E-state index in [0.29, 0.717) is 11.8 Å². The molecule has 1 rings (SSSR count). The number of hydrogen-bond acceptors (Lipinski definition) is 5. The van der Waals surface area contributed by atoms with Crippen LogP contribution in [0.4, 0.5) is 74.6 Å². The smallest absolute Gasteiger partial charge is 0.250 e. The molecule has 1 heterocycles. The van der Waals surface area contributed by atoms with Crippen molar-refractivity contribution in [2.45, 2.75) is 52.4 Å². The second-order valence-corrected chi connectivity index (χ2v) is 10.4. The predicted molar refractivity (Wildman–Crippen MR) is 84.3 cm³/mol. The minimum Gasteiger partial charge on any atom is -0.250 e. The second-order valence-electron chi connectivity index (χ2n) is 6.39. The van der Waals surface area contributed by atoms with Gasteiger partial charge in [0.25, 0.3) is 0 Å². The van der Waals surface area contributed by atoms with Crippen molar-refractivity contribution in [3.8, 4) is 0 Å². The standard InChI is InChI=1S/C12H7F17O3S3/c13-5(14,7(17,18)9(21,22)11(25,26)27)6(15,16)8(19,20)10(23,24)12(28,29)35(30,31)32-4-3-33-1-2-34-4/h4H,1-3H2. The van der Waals surface area contributed by atoms with Crippen LogP contribution in [0.15, 0.2) is 0 Å². The lowest BCUT2D eigenvalue weighted by atomic mass is 9.91. The zero-order valence-corrected chi connectivity index (χ0v) is 18.0. The minimum absolute atomic E-state index is 0.115. The van der Waals surface area contributed by atoms with E-state index in [4.69, 9.17) is 0 Å². The van der Waals surface area contributed by atoms with E-state index < -0.39 is 68.3 Å². The van der Waals surface area contributed by atoms with Crippen LogP contribution in [0.5, 0.6) is 0 Å². The van der Waals surface area contributed by atoms with E-state index in [1.807, 2.05) is 0 Å². The predicted octanol–water partition coefficient (Wildman–Crippen LogP) is 6.11. The molecule has 23 heteroatoms. The van der Waals surface area contributed by atoms with E-state index in [1.165, 1.54) is 0 Å². The number of thioether (sulfide) groups is 2. The Morgan fingerprint density at radius 3 is 1.29 bits per heavy atom. The molecule has 0 aliphatic carbocycles. The van der Waals surface area contributed by atoms with Crippen LogP contribution >= 0.6 is 23.5 Å². The maximum Gasteiger partial charge on any atom is 0.460 e. The van der Waals surface area contributed by atoms with Gasteiger partial charge in [0.2, 0.25) is 0 Å². The van der Waals surface area contributed by atoms with Gasteiger partial charge in [-0.1, -0.05) is 0 Å². The largest absolute Gasteiger partial charge is 0.460 e. The third-order valence-electron chi connectivity index (χ3n) is 4.03. The van der Waals surface area contributed by atoms with Gasteiger partial charge in [-0.2, -0.15) is 94.8 Å². The van der Waals surface area contributed by atoms with Crippen molar-refractivity contribution in [2.75, 3.05) is 17.3 Å². The Kier molecular flexibility index (Phi) is 8.36. The molecule has 0 bridgehead atoms. The molecule has 0 aromatic rings. The van der Waals surface area contributed by atoms with Crippen molar-refractivity contribution in [3.05, 3.63) is 0 Å². The van der Waals surface area contributed by atoms with Crippen molar-refractivity contribution >= 4 is 33.6 Å². The summed E-state index contributed by atoms with van der Waals surface area (Å²) in [5.41, 5.74) is -2.04. The molecule has 0 radical (unpaired) electrons. The van der Waals surface area contributed by atoms with Crippen molar-refractivity contribution in [1.29, 1.82) is 0 Å². The normalized spacial score (nSPS) is 20.8. The molecule has 0 aromatic heterocycles. The molecular weight excluding hydrogens is 611 g/mol. The highest BCUT2D eigenvalue weighted by molar-refractivity contribution is 8.06. The summed E-state index contributed by atoms with van der Waals surface area (Å²) in [6.45, 7) is 0. The van der Waals surface area contributed by atoms with Crippen LogP contribution in [0.3, 0.4) is 0 Å². The lowest BCUT2D eigenvalue weighted by Gasteiger charge is -2.42. The van der Waals surface area contributed by atoms with Gasteiger partial charge in [0.1, 0.15) is 5.44 Å². The molecule has 210 valence electrons. The molecule has 0 amide bonds. The first-order valence-corrected chi connectivity index (χ1v) is 11.5. The fourth-order valence-electron chi connectivity index (χ4n) is 2.03. The number of rotatable bonds is 9. The molecule has 0 spiro atoms. The van der Waals surface area contributed by atoms with Crippen LogP contribution in [0.1, 0.15) is 0 Å². The third-order valence-corrected chi connectivity index (χ3v) is 8.09. The Balaban J connectivity index is 3.59. The molecule has 1 aliphatic heterocycles. The Morgan fingerprint density at radius 2 is 0.943 bits per heavy atom. The lowest BCUT2D eigenvalue weighted by molar-refractivity contribution is -0.458. The van der Waals surface area contributed by atoms with Gasteiger partial charge in [0.05, 0.1) is 0 Å². The van der Waals surface area contributed by atoms with Crippen molar-refractivity contribution < 1.29 is 87.2 Å². The SMILES string of the molecule is O=S(=O)(OC1CSCCS1)C(F)(F)C(F)(F)C(F)(F)C(F)(F)C(F)(F)C(F)(F)C(F)(F)C(F)(F)F. The van der Waals surface area contributed by atoms with Gasteiger partial charge in [-0.15, -0.1) is 11.8 Å². The summed E-state index contributed by atoms with van der Waals surface area (Å²) in [6.07, 6.45) is -7.87. The highest BCUT2D eigenvalue weighted by atomic mass is 32.2. The average molecular weight is 618 g/mol. The fourth-order valence-corrected chi connectivity index (χ4v) is 5.78. The van der Waals surface area contributed by atoms with Gasteiger partial charge in [-0.3, -0.25) is 4.18 Å². The Bertz CT molecular complexity index is 876. The molecule has 1 aliphatic rings. The number of alkyl halides is 17. The Hall–Kier alpha value is -0.580. The Morgan fingerprint density at radius 1 is 0.571 bits per heavy atom. The summed E-state index contributed by atoms with van der Waals surface area (Å²) in [7, 11) is -7.48. The van der Waals surface area contributed by atoms with E-state index in [-0.39, 0.29) is 11.5 Å². The zero-order valence-electron chi connectivity index (χ0n) is 15.6. The highest BCUT2D eigenvalue weighted by Crippen LogP contribution is 2.64. The molecule has 1 atom stereocenters. The topological polar surface area (TPSA) is 43.4 Å². The van der Waals surface area contributed by atoms with Crippen molar-refractivity contribution in [2.24, 2.45) is 0 Å². The molecule has 1 unspecified atom stereocenters. The van der Waals surface area contributed by atoms with Gasteiger partial charge < -0.3 is 0 Å². The van der Waals surface area contributed by atoms with Crippen LogP contribution in [0.2, 0.25) is 0 Å². The molecule has 1 fully saturated rings. The molecule has 0 N–H and O–H groups in total. The minimum atomic E-state index is -8.85. The van der Waals surface area contributed by atoms with Crippen LogP contribution in [-0.4, -0.2) is 78.1 Å². The quantitative estimate of drug-likeness (QED) is 0.231. The first kappa shape index (κ1) is 32.4. The lowest BCUT2D eigenvalue weighted by Crippen LogP contribution is -2.75. The van der Waals surface area contributed by atoms with Crippen LogP contribution in [-0.2, 0) is 14.3 Å². The molecular formula is C12H7F17O3S3. The molecule has 0 saturated carbocycles. The molecule has 1 saturated heterocycles. The van der Waals surface area contributed by atoms with Gasteiger partial charge in [-0.05, 0) is 0 Å². The van der Waals surface area contributed by atoms with Gasteiger partial charge >= 0.3 is 57.1 Å². The Labute approximate surface area is 191 Å². The maximum atomic E-state index is 13.8. The van der Waals surface area contributed by atoms with Gasteiger partial charge in [0.15, 0.2) is 0 Å². The second kappa shape index (κ2) is 9.02. The van der Waals surface area contributed by atoms with Crippen molar-refractivity contribution in [3.63, 3.8) is 0 Å². The summed E-state index contributed by atoms with van der Waals surface area (Å²) >= 11 is 1.02. The van der Waals surface area contributed by atoms with Crippen LogP contribution < -0.4 is 0 Å². The van der Waals surface area contributed by atoms with E-state index in [1.54, 1.807) is 0 Å². The number of hydrogen-bond donors (Lipinski definition) is 0. The summed E-state index contributed by atoms with van der Waals surface area (Å²) < 4.78 is 250. The molecule has 0 aromatic carbocycles. The van der Waals surface area contributed by atoms with E-state index >= 15 is 0 Å².